The summed E-state index contributed by atoms with van der Waals surface area (Å²) in [6.45, 7) is 1.95. The second-order valence-electron chi connectivity index (χ2n) is 7.17. The van der Waals surface area contributed by atoms with Gasteiger partial charge in [0.05, 0.1) is 18.2 Å². The predicted molar refractivity (Wildman–Crippen MR) is 114 cm³/mol. The first-order valence-corrected chi connectivity index (χ1v) is 10.5. The van der Waals surface area contributed by atoms with Crippen LogP contribution in [0.5, 0.6) is 0 Å². The molecule has 0 bridgehead atoms. The van der Waals surface area contributed by atoms with Crippen molar-refractivity contribution in [2.24, 2.45) is 0 Å². The Morgan fingerprint density at radius 3 is 3.07 bits per heavy atom. The molecule has 0 aliphatic carbocycles. The summed E-state index contributed by atoms with van der Waals surface area (Å²) < 4.78 is 0. The van der Waals surface area contributed by atoms with E-state index >= 15 is 0 Å². The number of amides is 2. The maximum Gasteiger partial charge on any atom is 0.228 e. The highest BCUT2D eigenvalue weighted by atomic mass is 32.1. The van der Waals surface area contributed by atoms with Gasteiger partial charge in [0.2, 0.25) is 11.8 Å². The molecule has 3 aromatic rings. The Balaban J connectivity index is 1.26. The van der Waals surface area contributed by atoms with E-state index in [4.69, 9.17) is 0 Å². The van der Waals surface area contributed by atoms with Gasteiger partial charge in [0, 0.05) is 35.4 Å². The van der Waals surface area contributed by atoms with Crippen LogP contribution in [0.15, 0.2) is 48.1 Å². The zero-order chi connectivity index (χ0) is 20.2. The molecule has 0 radical (unpaired) electrons. The summed E-state index contributed by atoms with van der Waals surface area (Å²) in [5.41, 5.74) is 4.95. The van der Waals surface area contributed by atoms with Crippen LogP contribution >= 0.6 is 11.3 Å². The lowest BCUT2D eigenvalue weighted by Gasteiger charge is -2.11. The molecule has 0 fully saturated rings. The van der Waals surface area contributed by atoms with Gasteiger partial charge in [-0.25, -0.2) is 4.98 Å². The van der Waals surface area contributed by atoms with E-state index in [1.165, 1.54) is 11.3 Å². The van der Waals surface area contributed by atoms with E-state index in [9.17, 15) is 9.59 Å². The van der Waals surface area contributed by atoms with Crippen LogP contribution in [-0.4, -0.2) is 21.8 Å². The molecule has 2 amide bonds. The Morgan fingerprint density at radius 1 is 1.34 bits per heavy atom. The molecule has 148 valence electrons. The molecule has 6 nitrogen and oxygen atoms in total. The summed E-state index contributed by atoms with van der Waals surface area (Å²) in [6.07, 6.45) is 5.99. The summed E-state index contributed by atoms with van der Waals surface area (Å²) in [5.74, 6) is 0.0630. The topological polar surface area (TPSA) is 84.0 Å². The van der Waals surface area contributed by atoms with Gasteiger partial charge in [-0.2, -0.15) is 0 Å². The van der Waals surface area contributed by atoms with Gasteiger partial charge in [0.25, 0.3) is 0 Å². The van der Waals surface area contributed by atoms with Gasteiger partial charge < -0.3 is 10.6 Å². The molecule has 0 saturated heterocycles. The van der Waals surface area contributed by atoms with Crippen molar-refractivity contribution in [3.8, 4) is 11.3 Å². The summed E-state index contributed by atoms with van der Waals surface area (Å²) in [5, 5.41) is 8.74. The number of aryl methyl sites for hydroxylation is 1. The standard InChI is InChI=1S/C22H22N4O2S/c1-14(22-26-19(13-29-22)16-5-3-9-23-12-16)24-20(27)6-2-4-15-7-8-18-17(10-15)11-21(28)25-18/h3,5,7-10,12-14H,2,4,6,11H2,1H3,(H,24,27)(H,25,28). The first-order chi connectivity index (χ1) is 14.1. The minimum absolute atomic E-state index is 0.0219. The SMILES string of the molecule is CC(NC(=O)CCCc1ccc2c(c1)CC(=O)N2)c1nc(-c2cccnc2)cs1. The number of pyridine rings is 1. The number of hydrogen-bond donors (Lipinski definition) is 2. The van der Waals surface area contributed by atoms with Crippen LogP contribution < -0.4 is 10.6 Å². The number of nitrogens with one attached hydrogen (secondary N) is 2. The van der Waals surface area contributed by atoms with Gasteiger partial charge in [-0.15, -0.1) is 11.3 Å². The third-order valence-electron chi connectivity index (χ3n) is 4.89. The molecule has 29 heavy (non-hydrogen) atoms. The molecule has 1 aliphatic heterocycles. The fourth-order valence-corrected chi connectivity index (χ4v) is 4.24. The Kier molecular flexibility index (Phi) is 5.67. The highest BCUT2D eigenvalue weighted by Gasteiger charge is 2.18. The second-order valence-corrected chi connectivity index (χ2v) is 8.06. The summed E-state index contributed by atoms with van der Waals surface area (Å²) >= 11 is 1.54. The lowest BCUT2D eigenvalue weighted by molar-refractivity contribution is -0.121. The minimum Gasteiger partial charge on any atom is -0.347 e. The molecule has 2 N–H and O–H groups in total. The van der Waals surface area contributed by atoms with E-state index < -0.39 is 0 Å². The van der Waals surface area contributed by atoms with E-state index in [-0.39, 0.29) is 17.9 Å². The zero-order valence-corrected chi connectivity index (χ0v) is 17.0. The molecule has 0 saturated carbocycles. The lowest BCUT2D eigenvalue weighted by Crippen LogP contribution is -2.26. The molecule has 3 heterocycles. The lowest BCUT2D eigenvalue weighted by atomic mass is 10.0. The van der Waals surface area contributed by atoms with Crippen LogP contribution in [0.3, 0.4) is 0 Å². The van der Waals surface area contributed by atoms with Crippen molar-refractivity contribution in [1.82, 2.24) is 15.3 Å². The van der Waals surface area contributed by atoms with Crippen LogP contribution in [0.4, 0.5) is 5.69 Å². The fraction of sp³-hybridized carbons (Fsp3) is 0.273. The quantitative estimate of drug-likeness (QED) is 0.623. The van der Waals surface area contributed by atoms with E-state index in [1.54, 1.807) is 12.4 Å². The Labute approximate surface area is 173 Å². The molecule has 1 atom stereocenters. The van der Waals surface area contributed by atoms with Crippen LogP contribution in [0.1, 0.15) is 41.9 Å². The number of hydrogen-bond acceptors (Lipinski definition) is 5. The molecule has 4 rings (SSSR count). The number of anilines is 1. The Bertz CT molecular complexity index is 1030. The minimum atomic E-state index is -0.130. The van der Waals surface area contributed by atoms with Crippen molar-refractivity contribution >= 4 is 28.8 Å². The van der Waals surface area contributed by atoms with E-state index in [0.29, 0.717) is 12.8 Å². The van der Waals surface area contributed by atoms with Crippen LogP contribution in [-0.2, 0) is 22.4 Å². The molecule has 0 spiro atoms. The summed E-state index contributed by atoms with van der Waals surface area (Å²) in [7, 11) is 0. The van der Waals surface area contributed by atoms with Crippen LogP contribution in [0, 0.1) is 0 Å². The molecule has 1 unspecified atom stereocenters. The van der Waals surface area contributed by atoms with Crippen molar-refractivity contribution in [1.29, 1.82) is 0 Å². The normalized spacial score (nSPS) is 13.6. The highest BCUT2D eigenvalue weighted by Crippen LogP contribution is 2.26. The number of aromatic nitrogens is 2. The van der Waals surface area contributed by atoms with E-state index in [2.05, 4.69) is 26.7 Å². The summed E-state index contributed by atoms with van der Waals surface area (Å²) in [6, 6.07) is 9.74. The van der Waals surface area contributed by atoms with Crippen molar-refractivity contribution < 1.29 is 9.59 Å². The number of carbonyl (C=O) groups is 2. The molecule has 1 aliphatic rings. The third kappa shape index (κ3) is 4.68. The van der Waals surface area contributed by atoms with Gasteiger partial charge in [-0.1, -0.05) is 12.1 Å². The molecule has 2 aromatic heterocycles. The molecule has 7 heteroatoms. The maximum atomic E-state index is 12.3. The predicted octanol–water partition coefficient (Wildman–Crippen LogP) is 3.90. The first-order valence-electron chi connectivity index (χ1n) is 9.65. The summed E-state index contributed by atoms with van der Waals surface area (Å²) in [4.78, 5) is 32.5. The maximum absolute atomic E-state index is 12.3. The number of thiazole rings is 1. The number of rotatable bonds is 7. The molecular weight excluding hydrogens is 384 g/mol. The van der Waals surface area contributed by atoms with E-state index in [0.717, 1.165) is 45.9 Å². The van der Waals surface area contributed by atoms with Crippen LogP contribution in [0.2, 0.25) is 0 Å². The fourth-order valence-electron chi connectivity index (χ4n) is 3.40. The number of benzene rings is 1. The van der Waals surface area contributed by atoms with Crippen molar-refractivity contribution in [2.45, 2.75) is 38.6 Å². The van der Waals surface area contributed by atoms with Crippen molar-refractivity contribution in [3.05, 3.63) is 64.2 Å². The highest BCUT2D eigenvalue weighted by molar-refractivity contribution is 7.10. The number of nitrogens with zero attached hydrogens (tertiary/aromatic N) is 2. The average Bonchev–Trinajstić information content (AvgIpc) is 3.34. The Hall–Kier alpha value is -3.06. The molecule has 1 aromatic carbocycles. The van der Waals surface area contributed by atoms with Gasteiger partial charge in [-0.3, -0.25) is 14.6 Å². The monoisotopic (exact) mass is 406 g/mol. The average molecular weight is 407 g/mol. The third-order valence-corrected chi connectivity index (χ3v) is 5.92. The first kappa shape index (κ1) is 19.3. The number of carbonyl (C=O) groups excluding carboxylic acids is 2. The second kappa shape index (κ2) is 8.53. The van der Waals surface area contributed by atoms with Crippen LogP contribution in [0.25, 0.3) is 11.3 Å². The van der Waals surface area contributed by atoms with Crippen molar-refractivity contribution in [3.63, 3.8) is 0 Å². The van der Waals surface area contributed by atoms with Gasteiger partial charge in [-0.05, 0) is 49.1 Å². The van der Waals surface area contributed by atoms with E-state index in [1.807, 2.05) is 36.6 Å². The van der Waals surface area contributed by atoms with Gasteiger partial charge >= 0.3 is 0 Å². The molecular formula is C22H22N4O2S. The largest absolute Gasteiger partial charge is 0.347 e. The van der Waals surface area contributed by atoms with Gasteiger partial charge in [0.1, 0.15) is 5.01 Å². The zero-order valence-electron chi connectivity index (χ0n) is 16.1. The Morgan fingerprint density at radius 2 is 2.24 bits per heavy atom. The van der Waals surface area contributed by atoms with Crippen molar-refractivity contribution in [2.75, 3.05) is 5.32 Å². The number of fused-ring (bicyclic) bond motifs is 1. The smallest absolute Gasteiger partial charge is 0.228 e. The van der Waals surface area contributed by atoms with Gasteiger partial charge in [0.15, 0.2) is 0 Å².